The summed E-state index contributed by atoms with van der Waals surface area (Å²) in [6, 6.07) is 23.4. The van der Waals surface area contributed by atoms with Crippen molar-refractivity contribution >= 4 is 28.5 Å². The van der Waals surface area contributed by atoms with E-state index in [0.29, 0.717) is 22.6 Å². The van der Waals surface area contributed by atoms with Gasteiger partial charge in [0.1, 0.15) is 0 Å². The quantitative estimate of drug-likeness (QED) is 0.455. The standard InChI is InChI=1S/C25H22N2O4/c1-16(17-9-4-3-5-10-17)26-24(28)19-12-6-7-13-20(19)27-25(29)22-15-18-11-8-14-21(30-2)23(18)31-22/h3-16H,1-2H3,(H,26,28)(H,27,29)/t16-/m0/s1. The first-order chi connectivity index (χ1) is 15.1. The van der Waals surface area contributed by atoms with Crippen LogP contribution in [0, 0.1) is 0 Å². The molecule has 0 saturated carbocycles. The molecular formula is C25H22N2O4. The minimum atomic E-state index is -0.449. The maximum absolute atomic E-state index is 12.9. The molecule has 1 aromatic heterocycles. The fourth-order valence-corrected chi connectivity index (χ4v) is 3.38. The highest BCUT2D eigenvalue weighted by Gasteiger charge is 2.19. The summed E-state index contributed by atoms with van der Waals surface area (Å²) in [7, 11) is 1.54. The predicted octanol–water partition coefficient (Wildman–Crippen LogP) is 5.18. The van der Waals surface area contributed by atoms with Crippen molar-refractivity contribution in [3.05, 3.63) is 95.7 Å². The SMILES string of the molecule is COc1cccc2cc(C(=O)Nc3ccccc3C(=O)N[C@@H](C)c3ccccc3)oc12. The first-order valence-corrected chi connectivity index (χ1v) is 9.89. The molecule has 0 unspecified atom stereocenters. The van der Waals surface area contributed by atoms with E-state index in [4.69, 9.17) is 9.15 Å². The summed E-state index contributed by atoms with van der Waals surface area (Å²) in [6.45, 7) is 1.91. The van der Waals surface area contributed by atoms with Crippen LogP contribution in [-0.2, 0) is 0 Å². The average Bonchev–Trinajstić information content (AvgIpc) is 3.24. The van der Waals surface area contributed by atoms with E-state index in [-0.39, 0.29) is 17.7 Å². The van der Waals surface area contributed by atoms with Crippen molar-refractivity contribution in [2.75, 3.05) is 12.4 Å². The van der Waals surface area contributed by atoms with Gasteiger partial charge in [0, 0.05) is 5.39 Å². The Bertz CT molecular complexity index is 1230. The third kappa shape index (κ3) is 4.28. The van der Waals surface area contributed by atoms with Gasteiger partial charge in [-0.2, -0.15) is 0 Å². The van der Waals surface area contributed by atoms with Gasteiger partial charge in [0.15, 0.2) is 17.1 Å². The Balaban J connectivity index is 1.55. The molecule has 0 saturated heterocycles. The van der Waals surface area contributed by atoms with Crippen molar-refractivity contribution in [1.29, 1.82) is 0 Å². The lowest BCUT2D eigenvalue weighted by atomic mass is 10.1. The van der Waals surface area contributed by atoms with Crippen LogP contribution in [0.15, 0.2) is 83.3 Å². The largest absolute Gasteiger partial charge is 0.493 e. The molecule has 6 heteroatoms. The predicted molar refractivity (Wildman–Crippen MR) is 119 cm³/mol. The van der Waals surface area contributed by atoms with E-state index in [1.807, 2.05) is 49.4 Å². The van der Waals surface area contributed by atoms with Crippen LogP contribution in [0.5, 0.6) is 5.75 Å². The minimum absolute atomic E-state index is 0.132. The van der Waals surface area contributed by atoms with Crippen LogP contribution in [0.25, 0.3) is 11.0 Å². The van der Waals surface area contributed by atoms with Gasteiger partial charge < -0.3 is 19.8 Å². The van der Waals surface area contributed by atoms with E-state index in [0.717, 1.165) is 10.9 Å². The van der Waals surface area contributed by atoms with Gasteiger partial charge in [-0.3, -0.25) is 9.59 Å². The number of amides is 2. The molecule has 0 aliphatic carbocycles. The molecule has 2 N–H and O–H groups in total. The van der Waals surface area contributed by atoms with Gasteiger partial charge in [0.05, 0.1) is 24.4 Å². The number of methoxy groups -OCH3 is 1. The van der Waals surface area contributed by atoms with Crippen molar-refractivity contribution in [2.24, 2.45) is 0 Å². The number of nitrogens with one attached hydrogen (secondary N) is 2. The van der Waals surface area contributed by atoms with Crippen LogP contribution >= 0.6 is 0 Å². The zero-order valence-corrected chi connectivity index (χ0v) is 17.2. The van der Waals surface area contributed by atoms with Crippen molar-refractivity contribution in [3.8, 4) is 5.75 Å². The highest BCUT2D eigenvalue weighted by molar-refractivity contribution is 6.09. The molecule has 0 fully saturated rings. The molecule has 156 valence electrons. The van der Waals surface area contributed by atoms with Gasteiger partial charge >= 0.3 is 0 Å². The number of hydrogen-bond acceptors (Lipinski definition) is 4. The summed E-state index contributed by atoms with van der Waals surface area (Å²) in [4.78, 5) is 25.7. The molecule has 0 aliphatic heterocycles. The lowest BCUT2D eigenvalue weighted by Gasteiger charge is -2.16. The van der Waals surface area contributed by atoms with Gasteiger partial charge in [-0.05, 0) is 36.8 Å². The number of carbonyl (C=O) groups excluding carboxylic acids is 2. The molecule has 4 aromatic rings. The molecule has 1 heterocycles. The molecule has 0 bridgehead atoms. The first kappa shape index (κ1) is 20.2. The van der Waals surface area contributed by atoms with Crippen LogP contribution in [0.2, 0.25) is 0 Å². The molecule has 3 aromatic carbocycles. The highest BCUT2D eigenvalue weighted by Crippen LogP contribution is 2.29. The zero-order valence-electron chi connectivity index (χ0n) is 17.2. The second-order valence-corrected chi connectivity index (χ2v) is 7.09. The number of carbonyl (C=O) groups is 2. The van der Waals surface area contributed by atoms with E-state index in [9.17, 15) is 9.59 Å². The molecule has 1 atom stereocenters. The Labute approximate surface area is 179 Å². The number of rotatable bonds is 6. The Kier molecular flexibility index (Phi) is 5.71. The minimum Gasteiger partial charge on any atom is -0.493 e. The molecule has 2 amide bonds. The van der Waals surface area contributed by atoms with Crippen LogP contribution in [0.1, 0.15) is 39.4 Å². The van der Waals surface area contributed by atoms with Crippen LogP contribution < -0.4 is 15.4 Å². The third-order valence-electron chi connectivity index (χ3n) is 5.02. The fraction of sp³-hybridized carbons (Fsp3) is 0.120. The topological polar surface area (TPSA) is 80.6 Å². The number of anilines is 1. The molecule has 31 heavy (non-hydrogen) atoms. The van der Waals surface area contributed by atoms with Gasteiger partial charge in [-0.1, -0.05) is 54.6 Å². The second kappa shape index (κ2) is 8.75. The fourth-order valence-electron chi connectivity index (χ4n) is 3.38. The Morgan fingerprint density at radius 3 is 2.42 bits per heavy atom. The number of hydrogen-bond donors (Lipinski definition) is 2. The van der Waals surface area contributed by atoms with E-state index in [1.54, 1.807) is 43.5 Å². The van der Waals surface area contributed by atoms with Crippen molar-refractivity contribution in [1.82, 2.24) is 5.32 Å². The summed E-state index contributed by atoms with van der Waals surface area (Å²) < 4.78 is 11.0. The monoisotopic (exact) mass is 414 g/mol. The van der Waals surface area contributed by atoms with E-state index in [1.165, 1.54) is 0 Å². The van der Waals surface area contributed by atoms with Gasteiger partial charge in [0.2, 0.25) is 0 Å². The maximum atomic E-state index is 12.9. The van der Waals surface area contributed by atoms with Gasteiger partial charge in [0.25, 0.3) is 11.8 Å². The normalized spacial score (nSPS) is 11.7. The number of benzene rings is 3. The lowest BCUT2D eigenvalue weighted by molar-refractivity contribution is 0.0940. The Hall–Kier alpha value is -4.06. The molecular weight excluding hydrogens is 392 g/mol. The van der Waals surface area contributed by atoms with Crippen LogP contribution in [0.4, 0.5) is 5.69 Å². The number of ether oxygens (including phenoxy) is 1. The molecule has 0 aliphatic rings. The summed E-state index contributed by atoms with van der Waals surface area (Å²) in [5.41, 5.74) is 2.26. The van der Waals surface area contributed by atoms with Crippen LogP contribution in [-0.4, -0.2) is 18.9 Å². The summed E-state index contributed by atoms with van der Waals surface area (Å²) in [5.74, 6) is -0.0493. The third-order valence-corrected chi connectivity index (χ3v) is 5.02. The molecule has 0 radical (unpaired) electrons. The zero-order chi connectivity index (χ0) is 21.8. The van der Waals surface area contributed by atoms with Crippen molar-refractivity contribution in [2.45, 2.75) is 13.0 Å². The second-order valence-electron chi connectivity index (χ2n) is 7.09. The van der Waals surface area contributed by atoms with Crippen molar-refractivity contribution < 1.29 is 18.7 Å². The Morgan fingerprint density at radius 1 is 0.903 bits per heavy atom. The highest BCUT2D eigenvalue weighted by atomic mass is 16.5. The Morgan fingerprint density at radius 2 is 1.65 bits per heavy atom. The van der Waals surface area contributed by atoms with Crippen molar-refractivity contribution in [3.63, 3.8) is 0 Å². The average molecular weight is 414 g/mol. The van der Waals surface area contributed by atoms with Gasteiger partial charge in [-0.15, -0.1) is 0 Å². The molecule has 0 spiro atoms. The summed E-state index contributed by atoms with van der Waals surface area (Å²) in [6.07, 6.45) is 0. The molecule has 4 rings (SSSR count). The lowest BCUT2D eigenvalue weighted by Crippen LogP contribution is -2.28. The summed E-state index contributed by atoms with van der Waals surface area (Å²) in [5, 5.41) is 6.51. The summed E-state index contributed by atoms with van der Waals surface area (Å²) >= 11 is 0. The first-order valence-electron chi connectivity index (χ1n) is 9.89. The van der Waals surface area contributed by atoms with E-state index < -0.39 is 5.91 Å². The number of furan rings is 1. The smallest absolute Gasteiger partial charge is 0.291 e. The number of fused-ring (bicyclic) bond motifs is 1. The van der Waals surface area contributed by atoms with E-state index in [2.05, 4.69) is 10.6 Å². The van der Waals surface area contributed by atoms with E-state index >= 15 is 0 Å². The molecule has 6 nitrogen and oxygen atoms in total. The van der Waals surface area contributed by atoms with Gasteiger partial charge in [-0.25, -0.2) is 0 Å². The number of para-hydroxylation sites is 2. The maximum Gasteiger partial charge on any atom is 0.291 e. The van der Waals surface area contributed by atoms with Crippen LogP contribution in [0.3, 0.4) is 0 Å².